The molecule has 0 aromatic carbocycles. The van der Waals surface area contributed by atoms with Crippen molar-refractivity contribution in [2.24, 2.45) is 34.8 Å². The molecule has 0 aromatic heterocycles. The van der Waals surface area contributed by atoms with Crippen LogP contribution in [0.25, 0.3) is 0 Å². The zero-order valence-electron chi connectivity index (χ0n) is 15.8. The van der Waals surface area contributed by atoms with Gasteiger partial charge in [-0.1, -0.05) is 79.9 Å². The maximum absolute atomic E-state index is 5.71. The minimum absolute atomic E-state index is 0.468. The van der Waals surface area contributed by atoms with Gasteiger partial charge in [0.1, 0.15) is 0 Å². The van der Waals surface area contributed by atoms with E-state index in [9.17, 15) is 0 Å². The Morgan fingerprint density at radius 2 is 1.71 bits per heavy atom. The van der Waals surface area contributed by atoms with Gasteiger partial charge < -0.3 is 5.73 Å². The monoisotopic (exact) mass is 295 g/mol. The van der Waals surface area contributed by atoms with Crippen molar-refractivity contribution in [3.05, 3.63) is 12.2 Å². The Balaban J connectivity index is 4.45. The summed E-state index contributed by atoms with van der Waals surface area (Å²) in [5, 5.41) is 0. The average Bonchev–Trinajstić information content (AvgIpc) is 2.37. The highest BCUT2D eigenvalue weighted by molar-refractivity contribution is 5.04. The molecule has 0 bridgehead atoms. The molecule has 0 spiro atoms. The van der Waals surface area contributed by atoms with Gasteiger partial charge in [0.15, 0.2) is 0 Å². The Hall–Kier alpha value is -0.300. The van der Waals surface area contributed by atoms with Crippen LogP contribution in [-0.2, 0) is 0 Å². The molecule has 0 fully saturated rings. The van der Waals surface area contributed by atoms with Gasteiger partial charge in [-0.2, -0.15) is 0 Å². The second kappa shape index (κ2) is 9.66. The van der Waals surface area contributed by atoms with Crippen molar-refractivity contribution in [3.63, 3.8) is 0 Å². The molecule has 0 saturated carbocycles. The lowest BCUT2D eigenvalue weighted by atomic mass is 9.72. The first kappa shape index (κ1) is 20.7. The summed E-state index contributed by atoms with van der Waals surface area (Å²) in [5.41, 5.74) is 7.54. The second-order valence-corrected chi connectivity index (χ2v) is 8.13. The summed E-state index contributed by atoms with van der Waals surface area (Å²) in [4.78, 5) is 0. The van der Waals surface area contributed by atoms with Crippen LogP contribution in [0.3, 0.4) is 0 Å². The highest BCUT2D eigenvalue weighted by Gasteiger charge is 2.26. The van der Waals surface area contributed by atoms with Gasteiger partial charge in [0.2, 0.25) is 0 Å². The van der Waals surface area contributed by atoms with E-state index in [1.807, 2.05) is 0 Å². The van der Waals surface area contributed by atoms with Crippen LogP contribution in [0.2, 0.25) is 0 Å². The van der Waals surface area contributed by atoms with Crippen LogP contribution in [0.15, 0.2) is 12.2 Å². The maximum Gasteiger partial charge on any atom is -0.00399 e. The van der Waals surface area contributed by atoms with Crippen molar-refractivity contribution in [2.75, 3.05) is 6.54 Å². The third-order valence-electron chi connectivity index (χ3n) is 5.70. The molecule has 126 valence electrons. The predicted molar refractivity (Wildman–Crippen MR) is 97.4 cm³/mol. The molecule has 3 atom stereocenters. The van der Waals surface area contributed by atoms with Crippen molar-refractivity contribution in [1.29, 1.82) is 0 Å². The average molecular weight is 296 g/mol. The fourth-order valence-corrected chi connectivity index (χ4v) is 3.74. The summed E-state index contributed by atoms with van der Waals surface area (Å²) in [6.07, 6.45) is 6.24. The van der Waals surface area contributed by atoms with Crippen LogP contribution >= 0.6 is 0 Å². The molecule has 0 radical (unpaired) electrons. The summed E-state index contributed by atoms with van der Waals surface area (Å²) in [6, 6.07) is 0. The second-order valence-electron chi connectivity index (χ2n) is 8.13. The van der Waals surface area contributed by atoms with Crippen molar-refractivity contribution in [2.45, 2.75) is 80.6 Å². The SMILES string of the molecule is C=C(CCN)[C@@H](C(C)C)C(C)CCCC(C)(C)C(C)CC. The van der Waals surface area contributed by atoms with E-state index < -0.39 is 0 Å². The summed E-state index contributed by atoms with van der Waals surface area (Å²) in [7, 11) is 0. The van der Waals surface area contributed by atoms with Gasteiger partial charge >= 0.3 is 0 Å². The van der Waals surface area contributed by atoms with E-state index in [-0.39, 0.29) is 0 Å². The Bertz CT molecular complexity index is 290. The van der Waals surface area contributed by atoms with Crippen molar-refractivity contribution in [1.82, 2.24) is 0 Å². The first-order chi connectivity index (χ1) is 9.67. The van der Waals surface area contributed by atoms with Crippen LogP contribution in [0, 0.1) is 29.1 Å². The topological polar surface area (TPSA) is 26.0 Å². The van der Waals surface area contributed by atoms with Gasteiger partial charge in [-0.05, 0) is 48.5 Å². The summed E-state index contributed by atoms with van der Waals surface area (Å²) < 4.78 is 0. The molecule has 0 aromatic rings. The van der Waals surface area contributed by atoms with Gasteiger partial charge in [0, 0.05) is 0 Å². The number of rotatable bonds is 11. The molecule has 0 aliphatic heterocycles. The lowest BCUT2D eigenvalue weighted by molar-refractivity contribution is 0.188. The summed E-state index contributed by atoms with van der Waals surface area (Å²) >= 11 is 0. The molecular weight excluding hydrogens is 254 g/mol. The molecule has 0 saturated heterocycles. The number of nitrogens with two attached hydrogens (primary N) is 1. The Kier molecular flexibility index (Phi) is 9.53. The normalized spacial score (nSPS) is 16.8. The predicted octanol–water partition coefficient (Wildman–Crippen LogP) is 6.04. The van der Waals surface area contributed by atoms with Gasteiger partial charge in [-0.3, -0.25) is 0 Å². The van der Waals surface area contributed by atoms with E-state index >= 15 is 0 Å². The van der Waals surface area contributed by atoms with Crippen LogP contribution in [0.1, 0.15) is 80.6 Å². The zero-order valence-corrected chi connectivity index (χ0v) is 15.8. The Morgan fingerprint density at radius 3 is 2.14 bits per heavy atom. The van der Waals surface area contributed by atoms with E-state index in [1.54, 1.807) is 0 Å². The highest BCUT2D eigenvalue weighted by atomic mass is 14.5. The van der Waals surface area contributed by atoms with Crippen LogP contribution in [0.5, 0.6) is 0 Å². The lowest BCUT2D eigenvalue weighted by Gasteiger charge is -2.33. The third-order valence-corrected chi connectivity index (χ3v) is 5.70. The summed E-state index contributed by atoms with van der Waals surface area (Å²) in [5.74, 6) is 2.82. The van der Waals surface area contributed by atoms with Gasteiger partial charge in [0.25, 0.3) is 0 Å². The molecule has 21 heavy (non-hydrogen) atoms. The van der Waals surface area contributed by atoms with Gasteiger partial charge in [-0.15, -0.1) is 0 Å². The Morgan fingerprint density at radius 1 is 1.14 bits per heavy atom. The smallest absolute Gasteiger partial charge is 0.00399 e. The number of hydrogen-bond acceptors (Lipinski definition) is 1. The molecule has 1 heteroatoms. The molecule has 0 amide bonds. The van der Waals surface area contributed by atoms with Crippen LogP contribution in [-0.4, -0.2) is 6.54 Å². The molecule has 0 aliphatic carbocycles. The molecular formula is C20H41N. The van der Waals surface area contributed by atoms with E-state index in [2.05, 4.69) is 55.0 Å². The van der Waals surface area contributed by atoms with E-state index in [1.165, 1.54) is 31.3 Å². The molecule has 0 aliphatic rings. The molecule has 2 N–H and O–H groups in total. The molecule has 2 unspecified atom stereocenters. The van der Waals surface area contributed by atoms with E-state index in [4.69, 9.17) is 5.73 Å². The van der Waals surface area contributed by atoms with Crippen LogP contribution < -0.4 is 5.73 Å². The third kappa shape index (κ3) is 7.00. The first-order valence-corrected chi connectivity index (χ1v) is 9.05. The standard InChI is InChI=1S/C20H41N/c1-9-18(6)20(7,8)13-10-11-16(4)19(15(2)3)17(5)12-14-21/h15-16,18-19H,5,9-14,21H2,1-4,6-8H3/t16?,18?,19-/m0/s1. The fourth-order valence-electron chi connectivity index (χ4n) is 3.74. The lowest BCUT2D eigenvalue weighted by Crippen LogP contribution is -2.24. The summed E-state index contributed by atoms with van der Waals surface area (Å²) in [6.45, 7) is 21.7. The zero-order chi connectivity index (χ0) is 16.6. The largest absolute Gasteiger partial charge is 0.330 e. The first-order valence-electron chi connectivity index (χ1n) is 9.05. The van der Waals surface area contributed by atoms with Gasteiger partial charge in [0.05, 0.1) is 0 Å². The highest BCUT2D eigenvalue weighted by Crippen LogP contribution is 2.37. The van der Waals surface area contributed by atoms with Crippen molar-refractivity contribution in [3.8, 4) is 0 Å². The Labute approximate surface area is 134 Å². The van der Waals surface area contributed by atoms with Crippen molar-refractivity contribution >= 4 is 0 Å². The van der Waals surface area contributed by atoms with Crippen molar-refractivity contribution < 1.29 is 0 Å². The molecule has 0 rings (SSSR count). The van der Waals surface area contributed by atoms with Gasteiger partial charge in [-0.25, -0.2) is 0 Å². The fraction of sp³-hybridized carbons (Fsp3) is 0.900. The number of hydrogen-bond donors (Lipinski definition) is 1. The van der Waals surface area contributed by atoms with E-state index in [0.29, 0.717) is 17.3 Å². The minimum Gasteiger partial charge on any atom is -0.330 e. The molecule has 0 heterocycles. The molecule has 1 nitrogen and oxygen atoms in total. The van der Waals surface area contributed by atoms with E-state index in [0.717, 1.165) is 24.8 Å². The maximum atomic E-state index is 5.71. The quantitative estimate of drug-likeness (QED) is 0.462. The minimum atomic E-state index is 0.468. The van der Waals surface area contributed by atoms with Crippen LogP contribution in [0.4, 0.5) is 0 Å².